The van der Waals surface area contributed by atoms with Gasteiger partial charge in [-0.25, -0.2) is 4.79 Å². The lowest BCUT2D eigenvalue weighted by atomic mass is 10.1. The van der Waals surface area contributed by atoms with Gasteiger partial charge in [0.05, 0.1) is 0 Å². The van der Waals surface area contributed by atoms with Crippen LogP contribution in [-0.4, -0.2) is 18.0 Å². The third-order valence-electron chi connectivity index (χ3n) is 2.77. The molecule has 1 atom stereocenters. The first-order chi connectivity index (χ1) is 7.65. The fourth-order valence-corrected chi connectivity index (χ4v) is 1.93. The lowest BCUT2D eigenvalue weighted by Gasteiger charge is -2.21. The summed E-state index contributed by atoms with van der Waals surface area (Å²) in [5, 5.41) is 3.49. The van der Waals surface area contributed by atoms with E-state index in [4.69, 9.17) is 0 Å². The Bertz CT molecular complexity index is 442. The van der Waals surface area contributed by atoms with Gasteiger partial charge in [-0.15, -0.1) is 0 Å². The molecule has 1 heterocycles. The van der Waals surface area contributed by atoms with E-state index in [1.165, 1.54) is 4.90 Å². The predicted molar refractivity (Wildman–Crippen MR) is 60.3 cm³/mol. The van der Waals surface area contributed by atoms with E-state index in [1.54, 1.807) is 0 Å². The monoisotopic (exact) mass is 217 g/mol. The number of carbonyl (C=O) groups is 2. The topological polar surface area (TPSA) is 51.5 Å². The zero-order valence-electron chi connectivity index (χ0n) is 9.30. The predicted octanol–water partition coefficient (Wildman–Crippen LogP) is 1.84. The molecule has 0 saturated carbocycles. The van der Waals surface area contributed by atoms with Gasteiger partial charge in [0.1, 0.15) is 6.04 Å². The van der Waals surface area contributed by atoms with Crippen LogP contribution in [0.5, 0.6) is 0 Å². The minimum Gasteiger partial charge on any atom is -0.280 e. The SMILES string of the molecule is CCC1C(=O)[N]C(=O)N1c1ccccc1C. The molecular weight excluding hydrogens is 204 g/mol. The number of aryl methyl sites for hydroxylation is 1. The van der Waals surface area contributed by atoms with E-state index in [0.717, 1.165) is 11.3 Å². The minimum absolute atomic E-state index is 0.337. The maximum atomic E-state index is 11.6. The van der Waals surface area contributed by atoms with E-state index >= 15 is 0 Å². The molecule has 0 N–H and O–H groups in total. The summed E-state index contributed by atoms with van der Waals surface area (Å²) in [6.07, 6.45) is 0.586. The van der Waals surface area contributed by atoms with Crippen molar-refractivity contribution in [2.24, 2.45) is 0 Å². The minimum atomic E-state index is -0.453. The Balaban J connectivity index is 2.43. The number of hydrogen-bond acceptors (Lipinski definition) is 2. The molecule has 1 aromatic carbocycles. The largest absolute Gasteiger partial charge is 0.351 e. The van der Waals surface area contributed by atoms with Crippen molar-refractivity contribution in [3.63, 3.8) is 0 Å². The molecule has 16 heavy (non-hydrogen) atoms. The van der Waals surface area contributed by atoms with Crippen LogP contribution in [0.3, 0.4) is 0 Å². The first kappa shape index (κ1) is 10.7. The second-order valence-electron chi connectivity index (χ2n) is 3.81. The van der Waals surface area contributed by atoms with Crippen LogP contribution in [0, 0.1) is 6.92 Å². The molecule has 83 valence electrons. The summed E-state index contributed by atoms with van der Waals surface area (Å²) in [4.78, 5) is 24.6. The summed E-state index contributed by atoms with van der Waals surface area (Å²) in [6.45, 7) is 3.79. The van der Waals surface area contributed by atoms with Crippen molar-refractivity contribution in [3.05, 3.63) is 29.8 Å². The van der Waals surface area contributed by atoms with Gasteiger partial charge in [-0.3, -0.25) is 9.69 Å². The van der Waals surface area contributed by atoms with Crippen LogP contribution in [0.2, 0.25) is 0 Å². The van der Waals surface area contributed by atoms with Crippen molar-refractivity contribution in [1.29, 1.82) is 0 Å². The van der Waals surface area contributed by atoms with Crippen molar-refractivity contribution >= 4 is 17.6 Å². The van der Waals surface area contributed by atoms with Gasteiger partial charge >= 0.3 is 6.03 Å². The van der Waals surface area contributed by atoms with Crippen LogP contribution in [0.4, 0.5) is 10.5 Å². The molecule has 1 aliphatic rings. The summed E-state index contributed by atoms with van der Waals surface area (Å²) in [5.41, 5.74) is 1.74. The van der Waals surface area contributed by atoms with Crippen molar-refractivity contribution in [1.82, 2.24) is 5.32 Å². The highest BCUT2D eigenvalue weighted by atomic mass is 16.2. The van der Waals surface area contributed by atoms with E-state index in [-0.39, 0.29) is 5.91 Å². The molecule has 1 fully saturated rings. The van der Waals surface area contributed by atoms with E-state index in [9.17, 15) is 9.59 Å². The number of anilines is 1. The Morgan fingerprint density at radius 3 is 2.62 bits per heavy atom. The summed E-state index contributed by atoms with van der Waals surface area (Å²) in [6, 6.07) is 6.62. The summed E-state index contributed by atoms with van der Waals surface area (Å²) < 4.78 is 0. The Kier molecular flexibility index (Phi) is 2.64. The maximum absolute atomic E-state index is 11.6. The molecule has 1 aliphatic heterocycles. The number of amides is 3. The molecular formula is C12H13N2O2. The van der Waals surface area contributed by atoms with Gasteiger partial charge in [0.2, 0.25) is 0 Å². The highest BCUT2D eigenvalue weighted by Crippen LogP contribution is 2.26. The Labute approximate surface area is 94.2 Å². The van der Waals surface area contributed by atoms with Gasteiger partial charge in [-0.05, 0) is 25.0 Å². The van der Waals surface area contributed by atoms with Crippen molar-refractivity contribution < 1.29 is 9.59 Å². The molecule has 0 bridgehead atoms. The number of hydrogen-bond donors (Lipinski definition) is 0. The molecule has 3 amide bonds. The number of para-hydroxylation sites is 1. The first-order valence-corrected chi connectivity index (χ1v) is 5.29. The van der Waals surface area contributed by atoms with Gasteiger partial charge in [0.15, 0.2) is 0 Å². The van der Waals surface area contributed by atoms with E-state index in [1.807, 2.05) is 38.1 Å². The normalized spacial score (nSPS) is 20.1. The van der Waals surface area contributed by atoms with Gasteiger partial charge in [0, 0.05) is 5.69 Å². The lowest BCUT2D eigenvalue weighted by Crippen LogP contribution is -2.34. The van der Waals surface area contributed by atoms with Crippen molar-refractivity contribution in [2.75, 3.05) is 4.90 Å². The Morgan fingerprint density at radius 1 is 1.31 bits per heavy atom. The molecule has 0 aromatic heterocycles. The molecule has 1 aromatic rings. The lowest BCUT2D eigenvalue weighted by molar-refractivity contribution is -0.120. The number of rotatable bonds is 2. The number of carbonyl (C=O) groups excluding carboxylic acids is 2. The third-order valence-corrected chi connectivity index (χ3v) is 2.77. The van der Waals surface area contributed by atoms with Gasteiger partial charge in [-0.1, -0.05) is 25.1 Å². The second-order valence-corrected chi connectivity index (χ2v) is 3.81. The number of nitrogens with zero attached hydrogens (tertiary/aromatic N) is 2. The quantitative estimate of drug-likeness (QED) is 0.710. The van der Waals surface area contributed by atoms with Crippen LogP contribution in [0.15, 0.2) is 24.3 Å². The number of benzene rings is 1. The summed E-state index contributed by atoms with van der Waals surface area (Å²) in [5.74, 6) is -0.337. The van der Waals surface area contributed by atoms with Crippen molar-refractivity contribution in [3.8, 4) is 0 Å². The standard InChI is InChI=1S/C12H13N2O2/c1-3-9-11(15)13-12(16)14(9)10-7-5-4-6-8(10)2/h4-7,9H,3H2,1-2H3. The molecule has 0 spiro atoms. The summed E-state index contributed by atoms with van der Waals surface area (Å²) in [7, 11) is 0. The first-order valence-electron chi connectivity index (χ1n) is 5.29. The van der Waals surface area contributed by atoms with Crippen molar-refractivity contribution in [2.45, 2.75) is 26.3 Å². The van der Waals surface area contributed by atoms with E-state index in [2.05, 4.69) is 5.32 Å². The molecule has 4 heteroatoms. The van der Waals surface area contributed by atoms with Crippen LogP contribution in [0.1, 0.15) is 18.9 Å². The highest BCUT2D eigenvalue weighted by Gasteiger charge is 2.40. The Morgan fingerprint density at radius 2 is 2.00 bits per heavy atom. The number of urea groups is 1. The van der Waals surface area contributed by atoms with Gasteiger partial charge < -0.3 is 0 Å². The highest BCUT2D eigenvalue weighted by molar-refractivity contribution is 6.14. The fourth-order valence-electron chi connectivity index (χ4n) is 1.93. The molecule has 1 radical (unpaired) electrons. The number of imide groups is 1. The molecule has 4 nitrogen and oxygen atoms in total. The summed E-state index contributed by atoms with van der Waals surface area (Å²) >= 11 is 0. The average Bonchev–Trinajstić information content (AvgIpc) is 2.54. The maximum Gasteiger partial charge on any atom is 0.351 e. The Hall–Kier alpha value is -1.84. The molecule has 1 saturated heterocycles. The third kappa shape index (κ3) is 1.56. The average molecular weight is 217 g/mol. The smallest absolute Gasteiger partial charge is 0.280 e. The van der Waals surface area contributed by atoms with E-state index in [0.29, 0.717) is 6.42 Å². The van der Waals surface area contributed by atoms with Crippen LogP contribution in [-0.2, 0) is 4.79 Å². The molecule has 1 unspecified atom stereocenters. The fraction of sp³-hybridized carbons (Fsp3) is 0.333. The molecule has 2 rings (SSSR count). The van der Waals surface area contributed by atoms with Gasteiger partial charge in [0.25, 0.3) is 5.91 Å². The zero-order chi connectivity index (χ0) is 11.7. The van der Waals surface area contributed by atoms with E-state index < -0.39 is 12.1 Å². The van der Waals surface area contributed by atoms with Gasteiger partial charge in [-0.2, -0.15) is 5.32 Å². The van der Waals surface area contributed by atoms with Crippen LogP contribution < -0.4 is 10.2 Å². The molecule has 0 aliphatic carbocycles. The second kappa shape index (κ2) is 3.96. The van der Waals surface area contributed by atoms with Crippen LogP contribution in [0.25, 0.3) is 0 Å². The van der Waals surface area contributed by atoms with Crippen LogP contribution >= 0.6 is 0 Å². The zero-order valence-corrected chi connectivity index (χ0v) is 9.30.